The Labute approximate surface area is 81.7 Å². The second-order valence-corrected chi connectivity index (χ2v) is 3.23. The summed E-state index contributed by atoms with van der Waals surface area (Å²) >= 11 is 0. The fourth-order valence-corrected chi connectivity index (χ4v) is 1.61. The number of nitrogens with zero attached hydrogens (tertiary/aromatic N) is 1. The van der Waals surface area contributed by atoms with E-state index in [1.807, 2.05) is 11.9 Å². The average molecular weight is 193 g/mol. The van der Waals surface area contributed by atoms with Crippen LogP contribution < -0.4 is 9.64 Å². The molecule has 0 saturated carbocycles. The first kappa shape index (κ1) is 8.87. The smallest absolute Gasteiger partial charge is 0.337 e. The number of para-hydroxylation sites is 1. The molecule has 0 radical (unpaired) electrons. The van der Waals surface area contributed by atoms with Gasteiger partial charge < -0.3 is 14.7 Å². The van der Waals surface area contributed by atoms with Crippen molar-refractivity contribution in [2.75, 3.05) is 25.1 Å². The van der Waals surface area contributed by atoms with E-state index in [1.165, 1.54) is 0 Å². The third kappa shape index (κ3) is 1.28. The van der Waals surface area contributed by atoms with Gasteiger partial charge >= 0.3 is 5.97 Å². The second kappa shape index (κ2) is 3.21. The van der Waals surface area contributed by atoms with Crippen LogP contribution in [-0.2, 0) is 0 Å². The van der Waals surface area contributed by atoms with Crippen molar-refractivity contribution < 1.29 is 14.6 Å². The van der Waals surface area contributed by atoms with Crippen molar-refractivity contribution >= 4 is 11.7 Å². The summed E-state index contributed by atoms with van der Waals surface area (Å²) in [5, 5.41) is 8.98. The van der Waals surface area contributed by atoms with E-state index in [1.54, 1.807) is 18.2 Å². The highest BCUT2D eigenvalue weighted by Gasteiger charge is 2.21. The summed E-state index contributed by atoms with van der Waals surface area (Å²) in [7, 11) is 1.87. The number of ether oxygens (including phenoxy) is 1. The van der Waals surface area contributed by atoms with Crippen molar-refractivity contribution in [1.82, 2.24) is 0 Å². The van der Waals surface area contributed by atoms with Crippen LogP contribution in [0.1, 0.15) is 10.4 Å². The number of carbonyl (C=O) groups is 1. The van der Waals surface area contributed by atoms with E-state index in [-0.39, 0.29) is 0 Å². The lowest BCUT2D eigenvalue weighted by molar-refractivity contribution is 0.0696. The fourth-order valence-electron chi connectivity index (χ4n) is 1.61. The van der Waals surface area contributed by atoms with E-state index in [9.17, 15) is 4.79 Å². The zero-order valence-corrected chi connectivity index (χ0v) is 7.86. The standard InChI is InChI=1S/C10H11NO3/c1-11-5-6-14-8-4-2-3-7(9(8)11)10(12)13/h2-4H,5-6H2,1H3,(H,12,13). The summed E-state index contributed by atoms with van der Waals surface area (Å²) in [6.07, 6.45) is 0. The summed E-state index contributed by atoms with van der Waals surface area (Å²) < 4.78 is 5.38. The molecule has 0 bridgehead atoms. The monoisotopic (exact) mass is 193 g/mol. The van der Waals surface area contributed by atoms with E-state index in [0.717, 1.165) is 6.54 Å². The summed E-state index contributed by atoms with van der Waals surface area (Å²) in [6.45, 7) is 1.32. The Morgan fingerprint density at radius 3 is 3.07 bits per heavy atom. The number of anilines is 1. The highest BCUT2D eigenvalue weighted by atomic mass is 16.5. The summed E-state index contributed by atoms with van der Waals surface area (Å²) in [5.74, 6) is -0.266. The predicted molar refractivity (Wildman–Crippen MR) is 52.2 cm³/mol. The zero-order chi connectivity index (χ0) is 10.1. The molecule has 1 aromatic rings. The number of benzene rings is 1. The van der Waals surface area contributed by atoms with Crippen LogP contribution in [0.25, 0.3) is 0 Å². The van der Waals surface area contributed by atoms with Gasteiger partial charge in [-0.15, -0.1) is 0 Å². The molecule has 0 saturated heterocycles. The molecular weight excluding hydrogens is 182 g/mol. The largest absolute Gasteiger partial charge is 0.490 e. The van der Waals surface area contributed by atoms with Gasteiger partial charge in [-0.05, 0) is 12.1 Å². The normalized spacial score (nSPS) is 14.5. The predicted octanol–water partition coefficient (Wildman–Crippen LogP) is 1.21. The number of rotatable bonds is 1. The molecule has 4 nitrogen and oxygen atoms in total. The average Bonchev–Trinajstić information content (AvgIpc) is 2.17. The van der Waals surface area contributed by atoms with Crippen molar-refractivity contribution in [3.8, 4) is 5.75 Å². The highest BCUT2D eigenvalue weighted by molar-refractivity contribution is 5.96. The first-order valence-electron chi connectivity index (χ1n) is 4.40. The number of aromatic carboxylic acids is 1. The van der Waals surface area contributed by atoms with Crippen LogP contribution in [0.2, 0.25) is 0 Å². The topological polar surface area (TPSA) is 49.8 Å². The minimum atomic E-state index is -0.917. The van der Waals surface area contributed by atoms with Gasteiger partial charge in [0.15, 0.2) is 0 Å². The Hall–Kier alpha value is -1.71. The number of fused-ring (bicyclic) bond motifs is 1. The first-order valence-corrected chi connectivity index (χ1v) is 4.40. The first-order chi connectivity index (χ1) is 6.70. The molecule has 0 aliphatic carbocycles. The SMILES string of the molecule is CN1CCOc2cccc(C(=O)O)c21. The van der Waals surface area contributed by atoms with Gasteiger partial charge in [-0.3, -0.25) is 0 Å². The summed E-state index contributed by atoms with van der Waals surface area (Å²) in [4.78, 5) is 12.8. The molecule has 4 heteroatoms. The van der Waals surface area contributed by atoms with Crippen LogP contribution in [0.5, 0.6) is 5.75 Å². The second-order valence-electron chi connectivity index (χ2n) is 3.23. The van der Waals surface area contributed by atoms with Crippen molar-refractivity contribution in [2.24, 2.45) is 0 Å². The molecule has 0 fully saturated rings. The maximum atomic E-state index is 10.9. The lowest BCUT2D eigenvalue weighted by atomic mass is 10.1. The minimum Gasteiger partial charge on any atom is -0.490 e. The molecule has 0 unspecified atom stereocenters. The van der Waals surface area contributed by atoms with Crippen molar-refractivity contribution in [2.45, 2.75) is 0 Å². The molecular formula is C10H11NO3. The number of carboxylic acids is 1. The molecule has 2 rings (SSSR count). The van der Waals surface area contributed by atoms with Crippen molar-refractivity contribution in [3.63, 3.8) is 0 Å². The third-order valence-corrected chi connectivity index (χ3v) is 2.30. The summed E-state index contributed by atoms with van der Waals surface area (Å²) in [5.41, 5.74) is 0.968. The maximum Gasteiger partial charge on any atom is 0.337 e. The molecule has 0 amide bonds. The van der Waals surface area contributed by atoms with Gasteiger partial charge in [-0.1, -0.05) is 6.07 Å². The molecule has 0 spiro atoms. The van der Waals surface area contributed by atoms with Crippen LogP contribution in [0.3, 0.4) is 0 Å². The lowest BCUT2D eigenvalue weighted by Gasteiger charge is -2.28. The van der Waals surface area contributed by atoms with Gasteiger partial charge in [0.05, 0.1) is 17.8 Å². The van der Waals surface area contributed by atoms with Crippen LogP contribution >= 0.6 is 0 Å². The van der Waals surface area contributed by atoms with Gasteiger partial charge in [0.1, 0.15) is 12.4 Å². The number of carboxylic acid groups (broad SMARTS) is 1. The van der Waals surface area contributed by atoms with E-state index >= 15 is 0 Å². The van der Waals surface area contributed by atoms with Crippen LogP contribution in [0.15, 0.2) is 18.2 Å². The van der Waals surface area contributed by atoms with E-state index in [4.69, 9.17) is 9.84 Å². The van der Waals surface area contributed by atoms with Gasteiger partial charge in [0.2, 0.25) is 0 Å². The van der Waals surface area contributed by atoms with Crippen molar-refractivity contribution in [1.29, 1.82) is 0 Å². The van der Waals surface area contributed by atoms with Gasteiger partial charge in [-0.25, -0.2) is 4.79 Å². The summed E-state index contributed by atoms with van der Waals surface area (Å²) in [6, 6.07) is 5.07. The number of hydrogen-bond donors (Lipinski definition) is 1. The highest BCUT2D eigenvalue weighted by Crippen LogP contribution is 2.33. The number of likely N-dealkylation sites (N-methyl/N-ethyl adjacent to an activating group) is 1. The number of hydrogen-bond acceptors (Lipinski definition) is 3. The van der Waals surface area contributed by atoms with E-state index < -0.39 is 5.97 Å². The molecule has 1 aromatic carbocycles. The molecule has 1 aliphatic heterocycles. The van der Waals surface area contributed by atoms with Crippen LogP contribution in [0, 0.1) is 0 Å². The van der Waals surface area contributed by atoms with E-state index in [0.29, 0.717) is 23.6 Å². The molecule has 0 atom stereocenters. The molecule has 1 aliphatic rings. The van der Waals surface area contributed by atoms with Gasteiger partial charge in [0.25, 0.3) is 0 Å². The Kier molecular flexibility index (Phi) is 2.04. The third-order valence-electron chi connectivity index (χ3n) is 2.30. The Balaban J connectivity index is 2.57. The Morgan fingerprint density at radius 2 is 2.36 bits per heavy atom. The molecule has 1 N–H and O–H groups in total. The van der Waals surface area contributed by atoms with Crippen molar-refractivity contribution in [3.05, 3.63) is 23.8 Å². The van der Waals surface area contributed by atoms with Crippen LogP contribution in [0.4, 0.5) is 5.69 Å². The quantitative estimate of drug-likeness (QED) is 0.728. The van der Waals surface area contributed by atoms with E-state index in [2.05, 4.69) is 0 Å². The van der Waals surface area contributed by atoms with Gasteiger partial charge in [0, 0.05) is 7.05 Å². The molecule has 14 heavy (non-hydrogen) atoms. The van der Waals surface area contributed by atoms with Crippen LogP contribution in [-0.4, -0.2) is 31.3 Å². The molecule has 74 valence electrons. The zero-order valence-electron chi connectivity index (χ0n) is 7.86. The molecule has 1 heterocycles. The minimum absolute atomic E-state index is 0.296. The van der Waals surface area contributed by atoms with Gasteiger partial charge in [-0.2, -0.15) is 0 Å². The Morgan fingerprint density at radius 1 is 1.57 bits per heavy atom. The molecule has 0 aromatic heterocycles. The lowest BCUT2D eigenvalue weighted by Crippen LogP contribution is -2.30. The maximum absolute atomic E-state index is 10.9. The Bertz CT molecular complexity index is 376. The fraction of sp³-hybridized carbons (Fsp3) is 0.300.